The Balaban J connectivity index is 1.96. The lowest BCUT2D eigenvalue weighted by Gasteiger charge is -2.37. The third-order valence-electron chi connectivity index (χ3n) is 4.06. The summed E-state index contributed by atoms with van der Waals surface area (Å²) in [6, 6.07) is 4.87. The molecule has 2 heterocycles. The Hall–Kier alpha value is -1.02. The van der Waals surface area contributed by atoms with Crippen LogP contribution in [0.15, 0.2) is 12.1 Å². The van der Waals surface area contributed by atoms with Crippen molar-refractivity contribution in [3.05, 3.63) is 28.8 Å². The van der Waals surface area contributed by atoms with Crippen LogP contribution in [0.1, 0.15) is 36.0 Å². The number of hydrogen-bond acceptors (Lipinski definition) is 2. The Morgan fingerprint density at radius 2 is 1.71 bits per heavy atom. The lowest BCUT2D eigenvalue weighted by Crippen LogP contribution is -2.34. The highest BCUT2D eigenvalue weighted by Gasteiger charge is 2.23. The summed E-state index contributed by atoms with van der Waals surface area (Å²) in [5.41, 5.74) is 11.9. The zero-order valence-electron chi connectivity index (χ0n) is 10.5. The molecular formula is C15H22N2. The maximum Gasteiger partial charge on any atom is 0.0431 e. The largest absolute Gasteiger partial charge is 0.371 e. The average Bonchev–Trinajstić information content (AvgIpc) is 2.37. The molecule has 0 amide bonds. The minimum absolute atomic E-state index is 0.804. The highest BCUT2D eigenvalue weighted by Crippen LogP contribution is 2.36. The fraction of sp³-hybridized carbons (Fsp3) is 0.600. The summed E-state index contributed by atoms with van der Waals surface area (Å²) in [7, 11) is 0. The first-order valence-electron chi connectivity index (χ1n) is 6.98. The molecule has 92 valence electrons. The van der Waals surface area contributed by atoms with Gasteiger partial charge in [0.25, 0.3) is 0 Å². The minimum Gasteiger partial charge on any atom is -0.371 e. The molecule has 0 saturated carbocycles. The third-order valence-corrected chi connectivity index (χ3v) is 4.06. The molecule has 0 saturated heterocycles. The summed E-state index contributed by atoms with van der Waals surface area (Å²) >= 11 is 0. The molecule has 3 rings (SSSR count). The van der Waals surface area contributed by atoms with Gasteiger partial charge in [-0.3, -0.25) is 0 Å². The van der Waals surface area contributed by atoms with Crippen molar-refractivity contribution in [1.82, 2.24) is 0 Å². The van der Waals surface area contributed by atoms with Gasteiger partial charge in [-0.1, -0.05) is 12.1 Å². The quantitative estimate of drug-likeness (QED) is 0.863. The summed E-state index contributed by atoms with van der Waals surface area (Å²) in [5, 5.41) is 0. The molecule has 2 N–H and O–H groups in total. The Morgan fingerprint density at radius 1 is 1.06 bits per heavy atom. The first kappa shape index (κ1) is 11.1. The summed E-state index contributed by atoms with van der Waals surface area (Å²) in [6.07, 6.45) is 7.46. The smallest absolute Gasteiger partial charge is 0.0431 e. The monoisotopic (exact) mass is 230 g/mol. The standard InChI is InChI=1S/C15H22N2/c16-7-1-4-12-10-13-5-2-8-17-9-3-6-14(11-12)15(13)17/h10-11H,1-9,16H2. The minimum atomic E-state index is 0.804. The molecule has 17 heavy (non-hydrogen) atoms. The topological polar surface area (TPSA) is 29.3 Å². The van der Waals surface area contributed by atoms with E-state index in [0.717, 1.165) is 19.4 Å². The van der Waals surface area contributed by atoms with Crippen molar-refractivity contribution in [2.75, 3.05) is 24.5 Å². The van der Waals surface area contributed by atoms with E-state index in [2.05, 4.69) is 17.0 Å². The van der Waals surface area contributed by atoms with Crippen LogP contribution in [0, 0.1) is 0 Å². The number of nitrogens with two attached hydrogens (primary N) is 1. The predicted octanol–water partition coefficient (Wildman–Crippen LogP) is 2.28. The summed E-state index contributed by atoms with van der Waals surface area (Å²) in [5.74, 6) is 0. The average molecular weight is 230 g/mol. The van der Waals surface area contributed by atoms with Crippen molar-refractivity contribution < 1.29 is 0 Å². The van der Waals surface area contributed by atoms with Crippen LogP contribution in [-0.4, -0.2) is 19.6 Å². The van der Waals surface area contributed by atoms with Crippen LogP contribution in [0.4, 0.5) is 5.69 Å². The van der Waals surface area contributed by atoms with E-state index in [1.54, 1.807) is 16.8 Å². The lowest BCUT2D eigenvalue weighted by atomic mass is 9.89. The third kappa shape index (κ3) is 2.06. The van der Waals surface area contributed by atoms with E-state index < -0.39 is 0 Å². The van der Waals surface area contributed by atoms with Crippen LogP contribution in [0.3, 0.4) is 0 Å². The molecule has 2 heteroatoms. The molecule has 2 nitrogen and oxygen atoms in total. The zero-order chi connectivity index (χ0) is 11.7. The van der Waals surface area contributed by atoms with Crippen LogP contribution >= 0.6 is 0 Å². The normalized spacial score (nSPS) is 18.1. The van der Waals surface area contributed by atoms with Gasteiger partial charge in [-0.25, -0.2) is 0 Å². The Kier molecular flexibility index (Phi) is 3.06. The van der Waals surface area contributed by atoms with Crippen LogP contribution in [0.5, 0.6) is 0 Å². The molecule has 0 radical (unpaired) electrons. The van der Waals surface area contributed by atoms with Gasteiger partial charge in [-0.15, -0.1) is 0 Å². The van der Waals surface area contributed by atoms with Gasteiger partial charge in [-0.2, -0.15) is 0 Å². The second-order valence-electron chi connectivity index (χ2n) is 5.35. The highest BCUT2D eigenvalue weighted by atomic mass is 15.1. The molecular weight excluding hydrogens is 208 g/mol. The molecule has 0 spiro atoms. The number of benzene rings is 1. The van der Waals surface area contributed by atoms with Gasteiger partial charge in [0.05, 0.1) is 0 Å². The molecule has 1 aromatic rings. The van der Waals surface area contributed by atoms with Crippen LogP contribution < -0.4 is 10.6 Å². The molecule has 0 atom stereocenters. The Labute approximate surface area is 104 Å². The fourth-order valence-electron chi connectivity index (χ4n) is 3.33. The maximum atomic E-state index is 5.61. The van der Waals surface area contributed by atoms with Gasteiger partial charge in [0.2, 0.25) is 0 Å². The Morgan fingerprint density at radius 3 is 2.29 bits per heavy atom. The van der Waals surface area contributed by atoms with Crippen LogP contribution in [-0.2, 0) is 19.3 Å². The first-order chi connectivity index (χ1) is 8.38. The van der Waals surface area contributed by atoms with E-state index in [9.17, 15) is 0 Å². The van der Waals surface area contributed by atoms with Crippen molar-refractivity contribution in [2.24, 2.45) is 5.73 Å². The van der Waals surface area contributed by atoms with E-state index in [-0.39, 0.29) is 0 Å². The van der Waals surface area contributed by atoms with E-state index in [4.69, 9.17) is 5.73 Å². The van der Waals surface area contributed by atoms with Crippen molar-refractivity contribution in [2.45, 2.75) is 38.5 Å². The summed E-state index contributed by atoms with van der Waals surface area (Å²) in [4.78, 5) is 2.60. The second-order valence-corrected chi connectivity index (χ2v) is 5.35. The molecule has 0 fully saturated rings. The zero-order valence-corrected chi connectivity index (χ0v) is 10.5. The summed E-state index contributed by atoms with van der Waals surface area (Å²) in [6.45, 7) is 3.34. The van der Waals surface area contributed by atoms with Crippen molar-refractivity contribution in [3.63, 3.8) is 0 Å². The van der Waals surface area contributed by atoms with Crippen LogP contribution in [0.2, 0.25) is 0 Å². The highest BCUT2D eigenvalue weighted by molar-refractivity contribution is 5.64. The molecule has 1 aromatic carbocycles. The van der Waals surface area contributed by atoms with Crippen molar-refractivity contribution in [3.8, 4) is 0 Å². The van der Waals surface area contributed by atoms with Crippen molar-refractivity contribution >= 4 is 5.69 Å². The second kappa shape index (κ2) is 4.69. The number of nitrogens with zero attached hydrogens (tertiary/aromatic N) is 1. The van der Waals surface area contributed by atoms with E-state index >= 15 is 0 Å². The fourth-order valence-corrected chi connectivity index (χ4v) is 3.33. The SMILES string of the molecule is NCCCc1cc2c3c(c1)CCCN3CCC2. The van der Waals surface area contributed by atoms with Gasteiger partial charge in [-0.05, 0) is 61.8 Å². The number of aryl methyl sites for hydroxylation is 3. The van der Waals surface area contributed by atoms with Gasteiger partial charge >= 0.3 is 0 Å². The molecule has 0 unspecified atom stereocenters. The summed E-state index contributed by atoms with van der Waals surface area (Å²) < 4.78 is 0. The van der Waals surface area contributed by atoms with Crippen molar-refractivity contribution in [1.29, 1.82) is 0 Å². The molecule has 0 bridgehead atoms. The number of rotatable bonds is 3. The van der Waals surface area contributed by atoms with Crippen LogP contribution in [0.25, 0.3) is 0 Å². The molecule has 2 aliphatic heterocycles. The number of anilines is 1. The van der Waals surface area contributed by atoms with E-state index in [1.165, 1.54) is 44.3 Å². The predicted molar refractivity (Wildman–Crippen MR) is 72.7 cm³/mol. The number of hydrogen-bond donors (Lipinski definition) is 1. The van der Waals surface area contributed by atoms with Gasteiger partial charge in [0, 0.05) is 18.8 Å². The van der Waals surface area contributed by atoms with E-state index in [1.807, 2.05) is 0 Å². The Bertz CT molecular complexity index is 380. The van der Waals surface area contributed by atoms with Gasteiger partial charge in [0.1, 0.15) is 0 Å². The lowest BCUT2D eigenvalue weighted by molar-refractivity contribution is 0.632. The molecule has 2 aliphatic rings. The molecule has 0 aromatic heterocycles. The van der Waals surface area contributed by atoms with Gasteiger partial charge in [0.15, 0.2) is 0 Å². The van der Waals surface area contributed by atoms with Gasteiger partial charge < -0.3 is 10.6 Å². The first-order valence-corrected chi connectivity index (χ1v) is 6.98. The maximum absolute atomic E-state index is 5.61. The molecule has 0 aliphatic carbocycles. The van der Waals surface area contributed by atoms with E-state index in [0.29, 0.717) is 0 Å².